The topological polar surface area (TPSA) is 15.7 Å². The van der Waals surface area contributed by atoms with Crippen LogP contribution in [0.15, 0.2) is 46.9 Å². The van der Waals surface area contributed by atoms with Crippen molar-refractivity contribution in [2.24, 2.45) is 0 Å². The Hall–Kier alpha value is -1.14. The maximum atomic E-state index is 6.23. The molecule has 0 bridgehead atoms. The highest BCUT2D eigenvalue weighted by Gasteiger charge is 2.20. The van der Waals surface area contributed by atoms with Gasteiger partial charge >= 0.3 is 0 Å². The SMILES string of the molecule is CN1CCN(C(=S)c2cc(Br)ccc2OCc2ccccc2Cl)CC1. The van der Waals surface area contributed by atoms with Crippen LogP contribution in [0.1, 0.15) is 11.1 Å². The van der Waals surface area contributed by atoms with Crippen molar-refractivity contribution in [3.05, 3.63) is 63.1 Å². The van der Waals surface area contributed by atoms with E-state index in [0.29, 0.717) is 11.6 Å². The van der Waals surface area contributed by atoms with Crippen molar-refractivity contribution in [1.82, 2.24) is 9.80 Å². The van der Waals surface area contributed by atoms with Gasteiger partial charge in [0.05, 0.1) is 5.56 Å². The van der Waals surface area contributed by atoms with E-state index in [1.165, 1.54) is 0 Å². The molecule has 2 aromatic carbocycles. The second kappa shape index (κ2) is 8.49. The number of likely N-dealkylation sites (N-methyl/N-ethyl adjacent to an activating group) is 1. The van der Waals surface area contributed by atoms with Crippen LogP contribution in [0.2, 0.25) is 5.02 Å². The highest BCUT2D eigenvalue weighted by Crippen LogP contribution is 2.27. The lowest BCUT2D eigenvalue weighted by molar-refractivity contribution is 0.217. The van der Waals surface area contributed by atoms with Crippen LogP contribution in [0.25, 0.3) is 0 Å². The van der Waals surface area contributed by atoms with Crippen LogP contribution in [0.4, 0.5) is 0 Å². The fourth-order valence-corrected chi connectivity index (χ4v) is 3.64. The van der Waals surface area contributed by atoms with Gasteiger partial charge in [0.15, 0.2) is 0 Å². The number of benzene rings is 2. The number of nitrogens with zero attached hydrogens (tertiary/aromatic N) is 2. The Bertz CT molecular complexity index is 763. The van der Waals surface area contributed by atoms with Gasteiger partial charge in [-0.05, 0) is 31.3 Å². The smallest absolute Gasteiger partial charge is 0.130 e. The Kier molecular flexibility index (Phi) is 6.34. The second-order valence-corrected chi connectivity index (χ2v) is 7.83. The number of halogens is 2. The van der Waals surface area contributed by atoms with E-state index in [9.17, 15) is 0 Å². The molecule has 6 heteroatoms. The van der Waals surface area contributed by atoms with Crippen molar-refractivity contribution >= 4 is 44.7 Å². The molecule has 3 rings (SSSR count). The number of ether oxygens (including phenoxy) is 1. The number of thiocarbonyl (C=S) groups is 1. The quantitative estimate of drug-likeness (QED) is 0.646. The molecule has 0 spiro atoms. The third-order valence-electron chi connectivity index (χ3n) is 4.30. The van der Waals surface area contributed by atoms with Crippen LogP contribution in [-0.2, 0) is 6.61 Å². The third-order valence-corrected chi connectivity index (χ3v) is 5.64. The molecule has 1 saturated heterocycles. The summed E-state index contributed by atoms with van der Waals surface area (Å²) in [6.07, 6.45) is 0. The monoisotopic (exact) mass is 438 g/mol. The molecule has 0 saturated carbocycles. The fourth-order valence-electron chi connectivity index (χ4n) is 2.75. The average Bonchev–Trinajstić information content (AvgIpc) is 2.62. The summed E-state index contributed by atoms with van der Waals surface area (Å²) in [5.41, 5.74) is 1.91. The Morgan fingerprint density at radius 1 is 1.16 bits per heavy atom. The second-order valence-electron chi connectivity index (χ2n) is 6.12. The van der Waals surface area contributed by atoms with E-state index >= 15 is 0 Å². The molecule has 1 aliphatic rings. The van der Waals surface area contributed by atoms with Gasteiger partial charge in [-0.25, -0.2) is 0 Å². The van der Waals surface area contributed by atoms with Crippen molar-refractivity contribution in [1.29, 1.82) is 0 Å². The summed E-state index contributed by atoms with van der Waals surface area (Å²) < 4.78 is 7.05. The van der Waals surface area contributed by atoms with E-state index in [1.54, 1.807) is 0 Å². The maximum absolute atomic E-state index is 6.23. The van der Waals surface area contributed by atoms with Crippen LogP contribution in [0, 0.1) is 0 Å². The minimum atomic E-state index is 0.416. The minimum Gasteiger partial charge on any atom is -0.488 e. The van der Waals surface area contributed by atoms with Gasteiger partial charge in [-0.15, -0.1) is 0 Å². The van der Waals surface area contributed by atoms with Gasteiger partial charge in [0.2, 0.25) is 0 Å². The van der Waals surface area contributed by atoms with Crippen LogP contribution in [0.5, 0.6) is 5.75 Å². The summed E-state index contributed by atoms with van der Waals surface area (Å²) in [5, 5.41) is 0.711. The van der Waals surface area contributed by atoms with E-state index in [0.717, 1.165) is 52.5 Å². The summed E-state index contributed by atoms with van der Waals surface area (Å²) in [5.74, 6) is 0.784. The summed E-state index contributed by atoms with van der Waals surface area (Å²) in [6, 6.07) is 13.7. The highest BCUT2D eigenvalue weighted by atomic mass is 79.9. The predicted octanol–water partition coefficient (Wildman–Crippen LogP) is 4.60. The van der Waals surface area contributed by atoms with Gasteiger partial charge in [0, 0.05) is 41.2 Å². The van der Waals surface area contributed by atoms with Crippen LogP contribution >= 0.6 is 39.7 Å². The number of rotatable bonds is 4. The van der Waals surface area contributed by atoms with Crippen LogP contribution in [0.3, 0.4) is 0 Å². The molecule has 0 radical (unpaired) electrons. The van der Waals surface area contributed by atoms with Gasteiger partial charge < -0.3 is 14.5 Å². The van der Waals surface area contributed by atoms with Gasteiger partial charge in [-0.2, -0.15) is 0 Å². The lowest BCUT2D eigenvalue weighted by Crippen LogP contribution is -2.46. The molecule has 25 heavy (non-hydrogen) atoms. The molecule has 1 fully saturated rings. The zero-order valence-corrected chi connectivity index (χ0v) is 17.2. The van der Waals surface area contributed by atoms with Gasteiger partial charge in [-0.3, -0.25) is 0 Å². The molecule has 132 valence electrons. The molecular weight excluding hydrogens is 420 g/mol. The Balaban J connectivity index is 1.78. The van der Waals surface area contributed by atoms with E-state index < -0.39 is 0 Å². The van der Waals surface area contributed by atoms with Crippen LogP contribution < -0.4 is 4.74 Å². The van der Waals surface area contributed by atoms with E-state index in [2.05, 4.69) is 32.8 Å². The fraction of sp³-hybridized carbons (Fsp3) is 0.316. The molecule has 1 heterocycles. The molecule has 0 atom stereocenters. The first-order chi connectivity index (χ1) is 12.0. The molecule has 0 aromatic heterocycles. The first kappa shape index (κ1) is 18.6. The zero-order valence-electron chi connectivity index (χ0n) is 14.0. The van der Waals surface area contributed by atoms with E-state index in [1.807, 2.05) is 42.5 Å². The molecular formula is C19H20BrClN2OS. The molecule has 0 N–H and O–H groups in total. The van der Waals surface area contributed by atoms with Crippen molar-refractivity contribution in [3.8, 4) is 5.75 Å². The average molecular weight is 440 g/mol. The van der Waals surface area contributed by atoms with Gasteiger partial charge in [-0.1, -0.05) is 57.9 Å². The van der Waals surface area contributed by atoms with Crippen LogP contribution in [-0.4, -0.2) is 48.0 Å². The van der Waals surface area contributed by atoms with Gasteiger partial charge in [0.25, 0.3) is 0 Å². The van der Waals surface area contributed by atoms with E-state index in [4.69, 9.17) is 28.6 Å². The number of piperazine rings is 1. The standard InChI is InChI=1S/C19H20BrClN2OS/c1-22-8-10-23(11-9-22)19(25)16-12-15(20)6-7-18(16)24-13-14-4-2-3-5-17(14)21/h2-7,12H,8-11,13H2,1H3. The van der Waals surface area contributed by atoms with Crippen molar-refractivity contribution in [2.75, 3.05) is 33.2 Å². The zero-order chi connectivity index (χ0) is 17.8. The summed E-state index contributed by atoms with van der Waals surface area (Å²) in [7, 11) is 2.14. The van der Waals surface area contributed by atoms with Crippen molar-refractivity contribution in [3.63, 3.8) is 0 Å². The molecule has 0 unspecified atom stereocenters. The number of hydrogen-bond acceptors (Lipinski definition) is 3. The van der Waals surface area contributed by atoms with Gasteiger partial charge in [0.1, 0.15) is 17.3 Å². The summed E-state index contributed by atoms with van der Waals surface area (Å²) >= 11 is 15.5. The highest BCUT2D eigenvalue weighted by molar-refractivity contribution is 9.10. The summed E-state index contributed by atoms with van der Waals surface area (Å²) in [6.45, 7) is 4.32. The molecule has 1 aliphatic heterocycles. The normalized spacial score (nSPS) is 15.2. The third kappa shape index (κ3) is 4.73. The van der Waals surface area contributed by atoms with Crippen molar-refractivity contribution in [2.45, 2.75) is 6.61 Å². The largest absolute Gasteiger partial charge is 0.488 e. The Morgan fingerprint density at radius 3 is 2.60 bits per heavy atom. The summed E-state index contributed by atoms with van der Waals surface area (Å²) in [4.78, 5) is 5.40. The molecule has 2 aromatic rings. The molecule has 0 aliphatic carbocycles. The lowest BCUT2D eigenvalue weighted by atomic mass is 10.1. The molecule has 3 nitrogen and oxygen atoms in total. The minimum absolute atomic E-state index is 0.416. The maximum Gasteiger partial charge on any atom is 0.130 e. The van der Waals surface area contributed by atoms with Crippen molar-refractivity contribution < 1.29 is 4.74 Å². The first-order valence-corrected chi connectivity index (χ1v) is 9.76. The predicted molar refractivity (Wildman–Crippen MR) is 111 cm³/mol. The van der Waals surface area contributed by atoms with E-state index in [-0.39, 0.29) is 0 Å². The lowest BCUT2D eigenvalue weighted by Gasteiger charge is -2.34. The Morgan fingerprint density at radius 2 is 1.88 bits per heavy atom. The molecule has 0 amide bonds. The number of hydrogen-bond donors (Lipinski definition) is 0. The Labute approximate surface area is 167 Å². The first-order valence-electron chi connectivity index (χ1n) is 8.18.